The number of halogens is 3. The van der Waals surface area contributed by atoms with Crippen molar-refractivity contribution in [3.8, 4) is 0 Å². The third-order valence-corrected chi connectivity index (χ3v) is 6.96. The molecule has 1 aliphatic rings. The molecule has 0 aliphatic carbocycles. The van der Waals surface area contributed by atoms with Gasteiger partial charge in [-0.15, -0.1) is 0 Å². The second-order valence-electron chi connectivity index (χ2n) is 7.21. The Balaban J connectivity index is 1.57. The Morgan fingerprint density at radius 1 is 1.07 bits per heavy atom. The third-order valence-electron chi connectivity index (χ3n) is 5.05. The van der Waals surface area contributed by atoms with Crippen molar-refractivity contribution in [2.75, 3.05) is 26.2 Å². The molecule has 1 fully saturated rings. The van der Waals surface area contributed by atoms with E-state index in [1.165, 1.54) is 4.31 Å². The van der Waals surface area contributed by atoms with E-state index in [9.17, 15) is 26.4 Å². The van der Waals surface area contributed by atoms with Crippen LogP contribution in [0.3, 0.4) is 0 Å². The van der Waals surface area contributed by atoms with Crippen molar-refractivity contribution in [2.45, 2.75) is 37.9 Å². The van der Waals surface area contributed by atoms with Gasteiger partial charge in [0.15, 0.2) is 0 Å². The van der Waals surface area contributed by atoms with Crippen LogP contribution in [0.5, 0.6) is 0 Å². The molecule has 3 rings (SSSR count). The first-order valence-electron chi connectivity index (χ1n) is 9.45. The standard InChI is InChI=1S/C19H23F3N4O3S/c1-14-13-15(2)26(23-14)8-7-18(27)24-9-11-25(12-10-24)30(28,29)17-5-3-16(4-6-17)19(20,21)22/h3-6,13H,7-12H2,1-2H3. The van der Waals surface area contributed by atoms with E-state index in [1.54, 1.807) is 9.58 Å². The zero-order valence-electron chi connectivity index (χ0n) is 16.7. The molecule has 0 radical (unpaired) electrons. The summed E-state index contributed by atoms with van der Waals surface area (Å²) in [7, 11) is -3.92. The predicted molar refractivity (Wildman–Crippen MR) is 103 cm³/mol. The molecular weight excluding hydrogens is 421 g/mol. The molecule has 1 saturated heterocycles. The molecule has 1 aliphatic heterocycles. The van der Waals surface area contributed by atoms with Gasteiger partial charge in [-0.05, 0) is 44.2 Å². The highest BCUT2D eigenvalue weighted by atomic mass is 32.2. The van der Waals surface area contributed by atoms with Crippen molar-refractivity contribution >= 4 is 15.9 Å². The molecule has 7 nitrogen and oxygen atoms in total. The average Bonchev–Trinajstić information content (AvgIpc) is 3.02. The van der Waals surface area contributed by atoms with Crippen LogP contribution < -0.4 is 0 Å². The Bertz CT molecular complexity index is 1010. The molecule has 0 unspecified atom stereocenters. The molecule has 1 amide bonds. The van der Waals surface area contributed by atoms with Crippen LogP contribution in [-0.4, -0.2) is 59.5 Å². The zero-order valence-corrected chi connectivity index (χ0v) is 17.5. The molecule has 1 aromatic heterocycles. The Morgan fingerprint density at radius 3 is 2.17 bits per heavy atom. The van der Waals surface area contributed by atoms with E-state index < -0.39 is 21.8 Å². The average molecular weight is 444 g/mol. The maximum absolute atomic E-state index is 12.7. The van der Waals surface area contributed by atoms with E-state index in [0.717, 1.165) is 35.7 Å². The Hall–Kier alpha value is -2.40. The molecule has 0 bridgehead atoms. The number of piperazine rings is 1. The minimum absolute atomic E-state index is 0.0888. The largest absolute Gasteiger partial charge is 0.416 e. The van der Waals surface area contributed by atoms with Gasteiger partial charge < -0.3 is 4.90 Å². The summed E-state index contributed by atoms with van der Waals surface area (Å²) >= 11 is 0. The number of hydrogen-bond donors (Lipinski definition) is 0. The highest BCUT2D eigenvalue weighted by molar-refractivity contribution is 7.89. The lowest BCUT2D eigenvalue weighted by Crippen LogP contribution is -2.50. The SMILES string of the molecule is Cc1cc(C)n(CCC(=O)N2CCN(S(=O)(=O)c3ccc(C(F)(F)F)cc3)CC2)n1. The number of aromatic nitrogens is 2. The summed E-state index contributed by atoms with van der Waals surface area (Å²) in [6.07, 6.45) is -4.27. The molecule has 2 aromatic rings. The van der Waals surface area contributed by atoms with Crippen LogP contribution in [0.1, 0.15) is 23.4 Å². The van der Waals surface area contributed by atoms with Crippen molar-refractivity contribution in [2.24, 2.45) is 0 Å². The van der Waals surface area contributed by atoms with Gasteiger partial charge in [0.05, 0.1) is 16.2 Å². The van der Waals surface area contributed by atoms with Crippen LogP contribution in [0, 0.1) is 13.8 Å². The van der Waals surface area contributed by atoms with Crippen LogP contribution in [0.25, 0.3) is 0 Å². The van der Waals surface area contributed by atoms with E-state index in [0.29, 0.717) is 6.54 Å². The molecular formula is C19H23F3N4O3S. The van der Waals surface area contributed by atoms with E-state index in [-0.39, 0.29) is 43.4 Å². The summed E-state index contributed by atoms with van der Waals surface area (Å²) < 4.78 is 66.4. The summed E-state index contributed by atoms with van der Waals surface area (Å²) in [5.41, 5.74) is 0.939. The highest BCUT2D eigenvalue weighted by Gasteiger charge is 2.33. The minimum atomic E-state index is -4.53. The van der Waals surface area contributed by atoms with E-state index in [1.807, 2.05) is 19.9 Å². The number of hydrogen-bond acceptors (Lipinski definition) is 4. The Labute approximate surface area is 173 Å². The van der Waals surface area contributed by atoms with E-state index >= 15 is 0 Å². The van der Waals surface area contributed by atoms with Crippen LogP contribution in [-0.2, 0) is 27.5 Å². The summed E-state index contributed by atoms with van der Waals surface area (Å²) in [5.74, 6) is -0.0888. The van der Waals surface area contributed by atoms with Crippen molar-refractivity contribution in [1.82, 2.24) is 19.0 Å². The highest BCUT2D eigenvalue weighted by Crippen LogP contribution is 2.30. The Morgan fingerprint density at radius 2 is 1.67 bits per heavy atom. The van der Waals surface area contributed by atoms with Gasteiger partial charge in [0, 0.05) is 44.8 Å². The fraction of sp³-hybridized carbons (Fsp3) is 0.474. The third kappa shape index (κ3) is 4.84. The quantitative estimate of drug-likeness (QED) is 0.710. The fourth-order valence-corrected chi connectivity index (χ4v) is 4.83. The maximum Gasteiger partial charge on any atom is 0.416 e. The van der Waals surface area contributed by atoms with Crippen molar-refractivity contribution in [1.29, 1.82) is 0 Å². The Kier molecular flexibility index (Phi) is 6.23. The summed E-state index contributed by atoms with van der Waals surface area (Å²) in [4.78, 5) is 13.9. The molecule has 0 spiro atoms. The molecule has 164 valence electrons. The van der Waals surface area contributed by atoms with Gasteiger partial charge in [-0.25, -0.2) is 8.42 Å². The fourth-order valence-electron chi connectivity index (χ4n) is 3.40. The van der Waals surface area contributed by atoms with Gasteiger partial charge in [0.2, 0.25) is 15.9 Å². The topological polar surface area (TPSA) is 75.5 Å². The summed E-state index contributed by atoms with van der Waals surface area (Å²) in [5, 5.41) is 4.31. The lowest BCUT2D eigenvalue weighted by molar-refractivity contribution is -0.137. The lowest BCUT2D eigenvalue weighted by Gasteiger charge is -2.34. The van der Waals surface area contributed by atoms with Crippen LogP contribution >= 0.6 is 0 Å². The number of alkyl halides is 3. The van der Waals surface area contributed by atoms with Gasteiger partial charge in [-0.1, -0.05) is 0 Å². The lowest BCUT2D eigenvalue weighted by atomic mass is 10.2. The minimum Gasteiger partial charge on any atom is -0.340 e. The number of benzene rings is 1. The molecule has 0 saturated carbocycles. The van der Waals surface area contributed by atoms with Crippen molar-refractivity contribution in [3.05, 3.63) is 47.3 Å². The molecule has 0 N–H and O–H groups in total. The van der Waals surface area contributed by atoms with Gasteiger partial charge in [-0.3, -0.25) is 9.48 Å². The van der Waals surface area contributed by atoms with Gasteiger partial charge in [0.25, 0.3) is 0 Å². The number of sulfonamides is 1. The number of amides is 1. The van der Waals surface area contributed by atoms with Crippen LogP contribution in [0.15, 0.2) is 35.2 Å². The molecule has 2 heterocycles. The maximum atomic E-state index is 12.7. The number of nitrogens with zero attached hydrogens (tertiary/aromatic N) is 4. The normalized spacial score (nSPS) is 16.1. The van der Waals surface area contributed by atoms with E-state index in [2.05, 4.69) is 5.10 Å². The zero-order chi connectivity index (χ0) is 22.1. The smallest absolute Gasteiger partial charge is 0.340 e. The molecule has 30 heavy (non-hydrogen) atoms. The van der Waals surface area contributed by atoms with Gasteiger partial charge >= 0.3 is 6.18 Å². The number of carbonyl (C=O) groups excluding carboxylic acids is 1. The van der Waals surface area contributed by atoms with Crippen LogP contribution in [0.4, 0.5) is 13.2 Å². The molecule has 11 heteroatoms. The van der Waals surface area contributed by atoms with Gasteiger partial charge in [0.1, 0.15) is 0 Å². The second kappa shape index (κ2) is 8.38. The van der Waals surface area contributed by atoms with Crippen LogP contribution in [0.2, 0.25) is 0 Å². The number of aryl methyl sites for hydroxylation is 3. The van der Waals surface area contributed by atoms with Crippen molar-refractivity contribution < 1.29 is 26.4 Å². The van der Waals surface area contributed by atoms with Crippen molar-refractivity contribution in [3.63, 3.8) is 0 Å². The summed E-state index contributed by atoms with van der Waals surface area (Å²) in [6.45, 7) is 4.88. The summed E-state index contributed by atoms with van der Waals surface area (Å²) in [6, 6.07) is 5.36. The first kappa shape index (κ1) is 22.3. The van der Waals surface area contributed by atoms with Gasteiger partial charge in [-0.2, -0.15) is 22.6 Å². The first-order chi connectivity index (χ1) is 14.0. The van der Waals surface area contributed by atoms with E-state index in [4.69, 9.17) is 0 Å². The number of carbonyl (C=O) groups is 1. The molecule has 1 aromatic carbocycles. The molecule has 0 atom stereocenters. The first-order valence-corrected chi connectivity index (χ1v) is 10.9. The monoisotopic (exact) mass is 444 g/mol. The second-order valence-corrected chi connectivity index (χ2v) is 9.15. The predicted octanol–water partition coefficient (Wildman–Crippen LogP) is 2.44. The number of rotatable bonds is 5.